The zero-order valence-corrected chi connectivity index (χ0v) is 9.90. The molecule has 0 amide bonds. The quantitative estimate of drug-likeness (QED) is 0.733. The standard InChI is InChI=1S/C12H24N2/c1-4-12(5-2,6-3)14-10-8-7-9-11(14)13/h13H,4-10H2,1-3H3. The van der Waals surface area contributed by atoms with Crippen molar-refractivity contribution < 1.29 is 0 Å². The van der Waals surface area contributed by atoms with Crippen molar-refractivity contribution in [2.45, 2.75) is 64.8 Å². The number of hydrogen-bond acceptors (Lipinski definition) is 1. The van der Waals surface area contributed by atoms with Gasteiger partial charge in [0, 0.05) is 18.5 Å². The minimum Gasteiger partial charge on any atom is -0.355 e. The molecule has 14 heavy (non-hydrogen) atoms. The molecule has 0 saturated carbocycles. The van der Waals surface area contributed by atoms with Crippen LogP contribution >= 0.6 is 0 Å². The van der Waals surface area contributed by atoms with Gasteiger partial charge in [0.1, 0.15) is 0 Å². The largest absolute Gasteiger partial charge is 0.355 e. The van der Waals surface area contributed by atoms with Crippen LogP contribution in [-0.2, 0) is 0 Å². The summed E-state index contributed by atoms with van der Waals surface area (Å²) < 4.78 is 0. The molecule has 0 spiro atoms. The second kappa shape index (κ2) is 4.81. The van der Waals surface area contributed by atoms with E-state index in [4.69, 9.17) is 5.41 Å². The van der Waals surface area contributed by atoms with Crippen molar-refractivity contribution >= 4 is 5.84 Å². The number of nitrogens with zero attached hydrogens (tertiary/aromatic N) is 1. The van der Waals surface area contributed by atoms with Crippen molar-refractivity contribution in [2.24, 2.45) is 0 Å². The Balaban J connectivity index is 2.79. The number of piperidine rings is 1. The van der Waals surface area contributed by atoms with Crippen molar-refractivity contribution in [1.82, 2.24) is 4.90 Å². The molecule has 2 heteroatoms. The van der Waals surface area contributed by atoms with Gasteiger partial charge < -0.3 is 4.90 Å². The molecule has 82 valence electrons. The Bertz CT molecular complexity index is 186. The summed E-state index contributed by atoms with van der Waals surface area (Å²) in [5, 5.41) is 8.04. The molecule has 2 nitrogen and oxygen atoms in total. The van der Waals surface area contributed by atoms with E-state index in [9.17, 15) is 0 Å². The van der Waals surface area contributed by atoms with Crippen molar-refractivity contribution in [3.63, 3.8) is 0 Å². The molecule has 1 aliphatic heterocycles. The van der Waals surface area contributed by atoms with E-state index in [1.54, 1.807) is 0 Å². The maximum absolute atomic E-state index is 8.04. The molecule has 1 heterocycles. The minimum atomic E-state index is 0.275. The molecular formula is C12H24N2. The van der Waals surface area contributed by atoms with Crippen molar-refractivity contribution in [3.05, 3.63) is 0 Å². The zero-order valence-electron chi connectivity index (χ0n) is 9.90. The SMILES string of the molecule is CCC(CC)(CC)N1CCCCC1=N. The average Bonchev–Trinajstić information content (AvgIpc) is 2.24. The van der Waals surface area contributed by atoms with Gasteiger partial charge in [-0.2, -0.15) is 0 Å². The maximum atomic E-state index is 8.04. The summed E-state index contributed by atoms with van der Waals surface area (Å²) in [6, 6.07) is 0. The molecule has 0 aromatic heterocycles. The Hall–Kier alpha value is -0.530. The third kappa shape index (κ3) is 1.94. The number of rotatable bonds is 4. The first-order valence-corrected chi connectivity index (χ1v) is 6.05. The van der Waals surface area contributed by atoms with E-state index >= 15 is 0 Å². The molecule has 0 bridgehead atoms. The minimum absolute atomic E-state index is 0.275. The molecule has 1 saturated heterocycles. The van der Waals surface area contributed by atoms with Gasteiger partial charge in [0.05, 0.1) is 5.84 Å². The number of nitrogens with one attached hydrogen (secondary N) is 1. The van der Waals surface area contributed by atoms with Crippen LogP contribution in [0.4, 0.5) is 0 Å². The molecule has 1 rings (SSSR count). The molecular weight excluding hydrogens is 172 g/mol. The van der Waals surface area contributed by atoms with Crippen molar-refractivity contribution in [2.75, 3.05) is 6.54 Å². The first-order valence-electron chi connectivity index (χ1n) is 6.05. The summed E-state index contributed by atoms with van der Waals surface area (Å²) in [6.07, 6.45) is 6.97. The van der Waals surface area contributed by atoms with Gasteiger partial charge in [0.2, 0.25) is 0 Å². The van der Waals surface area contributed by atoms with Crippen molar-refractivity contribution in [1.29, 1.82) is 5.41 Å². The third-order valence-corrected chi connectivity index (χ3v) is 3.92. The highest BCUT2D eigenvalue weighted by atomic mass is 15.2. The lowest BCUT2D eigenvalue weighted by atomic mass is 9.86. The normalized spacial score (nSPS) is 18.8. The molecule has 0 aliphatic carbocycles. The number of hydrogen-bond donors (Lipinski definition) is 1. The van der Waals surface area contributed by atoms with Gasteiger partial charge in [0.25, 0.3) is 0 Å². The van der Waals surface area contributed by atoms with Gasteiger partial charge in [-0.25, -0.2) is 0 Å². The van der Waals surface area contributed by atoms with E-state index in [-0.39, 0.29) is 5.54 Å². The van der Waals surface area contributed by atoms with Crippen LogP contribution < -0.4 is 0 Å². The Morgan fingerprint density at radius 2 is 1.71 bits per heavy atom. The molecule has 0 unspecified atom stereocenters. The molecule has 0 radical (unpaired) electrons. The lowest BCUT2D eigenvalue weighted by Crippen LogP contribution is -2.52. The zero-order chi connectivity index (χ0) is 10.6. The number of amidine groups is 1. The highest BCUT2D eigenvalue weighted by Gasteiger charge is 2.34. The van der Waals surface area contributed by atoms with Crippen LogP contribution in [0, 0.1) is 5.41 Å². The van der Waals surface area contributed by atoms with Crippen LogP contribution in [0.2, 0.25) is 0 Å². The first kappa shape index (κ1) is 11.5. The van der Waals surface area contributed by atoms with E-state index in [1.807, 2.05) is 0 Å². The summed E-state index contributed by atoms with van der Waals surface area (Å²) in [5.74, 6) is 0.877. The van der Waals surface area contributed by atoms with E-state index in [2.05, 4.69) is 25.7 Å². The van der Waals surface area contributed by atoms with Crippen LogP contribution in [0.15, 0.2) is 0 Å². The lowest BCUT2D eigenvalue weighted by molar-refractivity contribution is 0.135. The summed E-state index contributed by atoms with van der Waals surface area (Å²) >= 11 is 0. The average molecular weight is 196 g/mol. The van der Waals surface area contributed by atoms with Gasteiger partial charge >= 0.3 is 0 Å². The van der Waals surface area contributed by atoms with E-state index in [0.717, 1.165) is 18.8 Å². The highest BCUT2D eigenvalue weighted by molar-refractivity contribution is 5.80. The summed E-state index contributed by atoms with van der Waals surface area (Å²) in [6.45, 7) is 7.88. The van der Waals surface area contributed by atoms with Crippen LogP contribution in [0.25, 0.3) is 0 Å². The van der Waals surface area contributed by atoms with Gasteiger partial charge in [-0.15, -0.1) is 0 Å². The lowest BCUT2D eigenvalue weighted by Gasteiger charge is -2.46. The van der Waals surface area contributed by atoms with E-state index < -0.39 is 0 Å². The predicted molar refractivity (Wildman–Crippen MR) is 61.9 cm³/mol. The summed E-state index contributed by atoms with van der Waals surface area (Å²) in [4.78, 5) is 2.37. The second-order valence-corrected chi connectivity index (χ2v) is 4.34. The van der Waals surface area contributed by atoms with Crippen LogP contribution in [0.5, 0.6) is 0 Å². The van der Waals surface area contributed by atoms with Crippen LogP contribution in [-0.4, -0.2) is 22.8 Å². The monoisotopic (exact) mass is 196 g/mol. The Morgan fingerprint density at radius 1 is 1.14 bits per heavy atom. The molecule has 1 fully saturated rings. The summed E-state index contributed by atoms with van der Waals surface area (Å²) in [7, 11) is 0. The third-order valence-electron chi connectivity index (χ3n) is 3.92. The maximum Gasteiger partial charge on any atom is 0.0962 e. The smallest absolute Gasteiger partial charge is 0.0962 e. The molecule has 0 aromatic carbocycles. The van der Waals surface area contributed by atoms with Gasteiger partial charge in [-0.3, -0.25) is 5.41 Å². The van der Waals surface area contributed by atoms with Gasteiger partial charge in [-0.05, 0) is 32.1 Å². The van der Waals surface area contributed by atoms with Crippen LogP contribution in [0.1, 0.15) is 59.3 Å². The molecule has 1 aliphatic rings. The van der Waals surface area contributed by atoms with E-state index in [1.165, 1.54) is 32.1 Å². The van der Waals surface area contributed by atoms with Gasteiger partial charge in [-0.1, -0.05) is 20.8 Å². The van der Waals surface area contributed by atoms with E-state index in [0.29, 0.717) is 0 Å². The summed E-state index contributed by atoms with van der Waals surface area (Å²) in [5.41, 5.74) is 0.275. The fourth-order valence-corrected chi connectivity index (χ4v) is 2.68. The molecule has 0 atom stereocenters. The molecule has 1 N–H and O–H groups in total. The number of likely N-dealkylation sites (tertiary alicyclic amines) is 1. The second-order valence-electron chi connectivity index (χ2n) is 4.34. The first-order chi connectivity index (χ1) is 6.70. The fraction of sp³-hybridized carbons (Fsp3) is 0.917. The van der Waals surface area contributed by atoms with Crippen molar-refractivity contribution in [3.8, 4) is 0 Å². The topological polar surface area (TPSA) is 27.1 Å². The Morgan fingerprint density at radius 3 is 2.14 bits per heavy atom. The van der Waals surface area contributed by atoms with Crippen LogP contribution in [0.3, 0.4) is 0 Å². The fourth-order valence-electron chi connectivity index (χ4n) is 2.68. The molecule has 0 aromatic rings. The van der Waals surface area contributed by atoms with Gasteiger partial charge in [0.15, 0.2) is 0 Å². The Labute approximate surface area is 88.2 Å². The Kier molecular flexibility index (Phi) is 3.97. The highest BCUT2D eigenvalue weighted by Crippen LogP contribution is 2.31. The predicted octanol–water partition coefficient (Wildman–Crippen LogP) is 3.42.